The number of hydrogen-bond donors (Lipinski definition) is 2. The lowest BCUT2D eigenvalue weighted by Crippen LogP contribution is -2.46. The van der Waals surface area contributed by atoms with E-state index >= 15 is 0 Å². The standard InChI is InChI=1S/C14H24N2S/c1-3-12-6-7-13(17-12)9-15-10-14-11(2)5-4-8-16-14/h6-7,11,14-16H,3-5,8-10H2,1-2H3. The summed E-state index contributed by atoms with van der Waals surface area (Å²) in [6.07, 6.45) is 3.87. The summed E-state index contributed by atoms with van der Waals surface area (Å²) in [7, 11) is 0. The first kappa shape index (κ1) is 13.1. The topological polar surface area (TPSA) is 24.1 Å². The Bertz CT molecular complexity index is 335. The van der Waals surface area contributed by atoms with Gasteiger partial charge in [-0.15, -0.1) is 11.3 Å². The molecule has 1 saturated heterocycles. The second kappa shape index (κ2) is 6.53. The lowest BCUT2D eigenvalue weighted by atomic mass is 9.93. The molecule has 0 saturated carbocycles. The third-order valence-electron chi connectivity index (χ3n) is 3.66. The maximum atomic E-state index is 3.61. The van der Waals surface area contributed by atoms with Crippen LogP contribution in [0.2, 0.25) is 0 Å². The van der Waals surface area contributed by atoms with Crippen molar-refractivity contribution in [2.24, 2.45) is 5.92 Å². The van der Waals surface area contributed by atoms with Gasteiger partial charge in [-0.25, -0.2) is 0 Å². The van der Waals surface area contributed by atoms with Crippen molar-refractivity contribution in [3.05, 3.63) is 21.9 Å². The maximum absolute atomic E-state index is 3.61. The van der Waals surface area contributed by atoms with E-state index in [-0.39, 0.29) is 0 Å². The maximum Gasteiger partial charge on any atom is 0.0300 e. The molecule has 2 N–H and O–H groups in total. The minimum absolute atomic E-state index is 0.661. The van der Waals surface area contributed by atoms with Gasteiger partial charge in [0.2, 0.25) is 0 Å². The predicted molar refractivity (Wildman–Crippen MR) is 75.6 cm³/mol. The van der Waals surface area contributed by atoms with Crippen molar-refractivity contribution >= 4 is 11.3 Å². The van der Waals surface area contributed by atoms with Crippen LogP contribution in [0.5, 0.6) is 0 Å². The molecule has 2 nitrogen and oxygen atoms in total. The van der Waals surface area contributed by atoms with Crippen LogP contribution in [0.25, 0.3) is 0 Å². The molecule has 0 aliphatic carbocycles. The number of aryl methyl sites for hydroxylation is 1. The van der Waals surface area contributed by atoms with Crippen molar-refractivity contribution in [2.75, 3.05) is 13.1 Å². The van der Waals surface area contributed by atoms with E-state index in [1.54, 1.807) is 0 Å². The number of piperidine rings is 1. The van der Waals surface area contributed by atoms with E-state index < -0.39 is 0 Å². The van der Waals surface area contributed by atoms with Crippen LogP contribution in [0.1, 0.15) is 36.4 Å². The third kappa shape index (κ3) is 3.80. The van der Waals surface area contributed by atoms with Gasteiger partial charge in [-0.3, -0.25) is 0 Å². The van der Waals surface area contributed by atoms with Gasteiger partial charge >= 0.3 is 0 Å². The van der Waals surface area contributed by atoms with Gasteiger partial charge in [-0.1, -0.05) is 13.8 Å². The summed E-state index contributed by atoms with van der Waals surface area (Å²) in [5, 5.41) is 7.20. The molecule has 0 bridgehead atoms. The van der Waals surface area contributed by atoms with Crippen molar-refractivity contribution in [3.63, 3.8) is 0 Å². The lowest BCUT2D eigenvalue weighted by molar-refractivity contribution is 0.290. The summed E-state index contributed by atoms with van der Waals surface area (Å²) >= 11 is 1.94. The molecule has 1 aromatic heterocycles. The molecular weight excluding hydrogens is 228 g/mol. The Balaban J connectivity index is 1.71. The minimum atomic E-state index is 0.661. The zero-order valence-electron chi connectivity index (χ0n) is 11.0. The molecular formula is C14H24N2S. The molecule has 1 aliphatic rings. The Morgan fingerprint density at radius 1 is 1.41 bits per heavy atom. The molecule has 2 heterocycles. The van der Waals surface area contributed by atoms with E-state index in [0.717, 1.165) is 25.4 Å². The van der Waals surface area contributed by atoms with Gasteiger partial charge in [0.15, 0.2) is 0 Å². The molecule has 0 amide bonds. The van der Waals surface area contributed by atoms with E-state index in [9.17, 15) is 0 Å². The summed E-state index contributed by atoms with van der Waals surface area (Å²) in [6, 6.07) is 5.17. The fourth-order valence-corrected chi connectivity index (χ4v) is 3.37. The highest BCUT2D eigenvalue weighted by atomic mass is 32.1. The Morgan fingerprint density at radius 2 is 2.24 bits per heavy atom. The number of rotatable bonds is 5. The summed E-state index contributed by atoms with van der Waals surface area (Å²) in [6.45, 7) is 7.89. The van der Waals surface area contributed by atoms with E-state index in [1.807, 2.05) is 11.3 Å². The molecule has 96 valence electrons. The zero-order valence-corrected chi connectivity index (χ0v) is 11.8. The Hall–Kier alpha value is -0.380. The van der Waals surface area contributed by atoms with E-state index in [0.29, 0.717) is 6.04 Å². The molecule has 1 aliphatic heterocycles. The van der Waals surface area contributed by atoms with Gasteiger partial charge in [0.25, 0.3) is 0 Å². The molecule has 1 fully saturated rings. The average molecular weight is 252 g/mol. The van der Waals surface area contributed by atoms with Gasteiger partial charge < -0.3 is 10.6 Å². The van der Waals surface area contributed by atoms with E-state index in [1.165, 1.54) is 29.1 Å². The SMILES string of the molecule is CCc1ccc(CNCC2NCCCC2C)s1. The second-order valence-electron chi connectivity index (χ2n) is 5.03. The average Bonchev–Trinajstić information content (AvgIpc) is 2.80. The van der Waals surface area contributed by atoms with Gasteiger partial charge in [0.05, 0.1) is 0 Å². The van der Waals surface area contributed by atoms with Gasteiger partial charge in [0.1, 0.15) is 0 Å². The fraction of sp³-hybridized carbons (Fsp3) is 0.714. The van der Waals surface area contributed by atoms with Crippen molar-refractivity contribution in [1.82, 2.24) is 10.6 Å². The van der Waals surface area contributed by atoms with Crippen LogP contribution in [0.4, 0.5) is 0 Å². The molecule has 2 atom stereocenters. The Labute approximate surface area is 109 Å². The van der Waals surface area contributed by atoms with E-state index in [4.69, 9.17) is 0 Å². The monoisotopic (exact) mass is 252 g/mol. The lowest BCUT2D eigenvalue weighted by Gasteiger charge is -2.30. The van der Waals surface area contributed by atoms with Crippen molar-refractivity contribution in [2.45, 2.75) is 45.7 Å². The van der Waals surface area contributed by atoms with Crippen molar-refractivity contribution < 1.29 is 0 Å². The smallest absolute Gasteiger partial charge is 0.0300 e. The second-order valence-corrected chi connectivity index (χ2v) is 6.29. The highest BCUT2D eigenvalue weighted by Crippen LogP contribution is 2.17. The van der Waals surface area contributed by atoms with Gasteiger partial charge in [-0.2, -0.15) is 0 Å². The van der Waals surface area contributed by atoms with Crippen LogP contribution in [0.15, 0.2) is 12.1 Å². The summed E-state index contributed by atoms with van der Waals surface area (Å²) in [5.74, 6) is 0.811. The van der Waals surface area contributed by atoms with E-state index in [2.05, 4.69) is 36.6 Å². The quantitative estimate of drug-likeness (QED) is 0.842. The molecule has 1 aromatic rings. The number of thiophene rings is 1. The van der Waals surface area contributed by atoms with Crippen LogP contribution in [-0.4, -0.2) is 19.1 Å². The van der Waals surface area contributed by atoms with Crippen LogP contribution in [-0.2, 0) is 13.0 Å². The summed E-state index contributed by atoms with van der Waals surface area (Å²) in [5.41, 5.74) is 0. The largest absolute Gasteiger partial charge is 0.312 e. The minimum Gasteiger partial charge on any atom is -0.312 e. The molecule has 17 heavy (non-hydrogen) atoms. The Morgan fingerprint density at radius 3 is 2.94 bits per heavy atom. The fourth-order valence-electron chi connectivity index (χ4n) is 2.45. The zero-order chi connectivity index (χ0) is 12.1. The van der Waals surface area contributed by atoms with Crippen molar-refractivity contribution in [3.8, 4) is 0 Å². The molecule has 2 rings (SSSR count). The molecule has 0 spiro atoms. The van der Waals surface area contributed by atoms with Crippen LogP contribution in [0.3, 0.4) is 0 Å². The van der Waals surface area contributed by atoms with Gasteiger partial charge in [-0.05, 0) is 43.9 Å². The third-order valence-corrected chi connectivity index (χ3v) is 4.89. The van der Waals surface area contributed by atoms with Crippen LogP contribution >= 0.6 is 11.3 Å². The predicted octanol–water partition coefficient (Wildman–Crippen LogP) is 2.79. The number of hydrogen-bond acceptors (Lipinski definition) is 3. The first-order valence-corrected chi connectivity index (χ1v) is 7.63. The number of nitrogens with one attached hydrogen (secondary N) is 2. The van der Waals surface area contributed by atoms with Crippen molar-refractivity contribution in [1.29, 1.82) is 0 Å². The molecule has 2 unspecified atom stereocenters. The molecule has 3 heteroatoms. The molecule has 0 aromatic carbocycles. The van der Waals surface area contributed by atoms with Crippen LogP contribution < -0.4 is 10.6 Å². The highest BCUT2D eigenvalue weighted by Gasteiger charge is 2.19. The highest BCUT2D eigenvalue weighted by molar-refractivity contribution is 7.11. The first-order chi connectivity index (χ1) is 8.29. The summed E-state index contributed by atoms with van der Waals surface area (Å²) < 4.78 is 0. The molecule has 0 radical (unpaired) electrons. The normalized spacial score (nSPS) is 25.1. The summed E-state index contributed by atoms with van der Waals surface area (Å²) in [4.78, 5) is 2.95. The van der Waals surface area contributed by atoms with Crippen LogP contribution in [0, 0.1) is 5.92 Å². The Kier molecular flexibility index (Phi) is 5.01. The van der Waals surface area contributed by atoms with Gasteiger partial charge in [0, 0.05) is 28.9 Å². The first-order valence-electron chi connectivity index (χ1n) is 6.81.